The van der Waals surface area contributed by atoms with Crippen LogP contribution in [0.2, 0.25) is 0 Å². The maximum absolute atomic E-state index is 12.4. The molecule has 0 fully saturated rings. The standard InChI is InChI=1S/C22H39NO7/c1-19(2,3)16(24)10-13-22(23(27)28,14-11-17(25)29-20(4,5)6)15-12-18(26)30-21(7,8)9/h10-15H2,1-9H3. The summed E-state index contributed by atoms with van der Waals surface area (Å²) in [6.07, 6.45) is -0.633. The minimum Gasteiger partial charge on any atom is -0.460 e. The summed E-state index contributed by atoms with van der Waals surface area (Å²) in [5.74, 6) is -1.20. The molecular formula is C22H39NO7. The van der Waals surface area contributed by atoms with Gasteiger partial charge in [-0.15, -0.1) is 0 Å². The SMILES string of the molecule is CC(C)(C)OC(=O)CCC(CCC(=O)OC(C)(C)C)(CCC(=O)C(C)(C)C)[N+](=O)[O-]. The molecule has 8 nitrogen and oxygen atoms in total. The molecule has 0 aliphatic carbocycles. The first-order chi connectivity index (χ1) is 13.3. The molecule has 0 heterocycles. The van der Waals surface area contributed by atoms with E-state index in [0.29, 0.717) is 0 Å². The highest BCUT2D eigenvalue weighted by atomic mass is 16.6. The highest BCUT2D eigenvalue weighted by Crippen LogP contribution is 2.32. The molecule has 0 spiro atoms. The summed E-state index contributed by atoms with van der Waals surface area (Å²) < 4.78 is 10.5. The Balaban J connectivity index is 5.48. The first-order valence-electron chi connectivity index (χ1n) is 10.4. The van der Waals surface area contributed by atoms with Gasteiger partial charge in [-0.3, -0.25) is 24.5 Å². The maximum atomic E-state index is 12.4. The lowest BCUT2D eigenvalue weighted by atomic mass is 9.80. The molecule has 0 aromatic rings. The molecule has 0 aromatic carbocycles. The van der Waals surface area contributed by atoms with Gasteiger partial charge in [0.15, 0.2) is 0 Å². The molecule has 0 rings (SSSR count). The second-order valence-electron chi connectivity index (χ2n) is 10.8. The van der Waals surface area contributed by atoms with Gasteiger partial charge in [0, 0.05) is 36.0 Å². The number of esters is 2. The van der Waals surface area contributed by atoms with Crippen molar-refractivity contribution >= 4 is 17.7 Å². The largest absolute Gasteiger partial charge is 0.460 e. The zero-order valence-corrected chi connectivity index (χ0v) is 20.0. The Labute approximate surface area is 180 Å². The van der Waals surface area contributed by atoms with Crippen LogP contribution in [0.3, 0.4) is 0 Å². The first kappa shape index (κ1) is 28.0. The zero-order chi connectivity index (χ0) is 24.0. The minimum absolute atomic E-state index is 0.00683. The van der Waals surface area contributed by atoms with Gasteiger partial charge in [0.25, 0.3) is 0 Å². The Kier molecular flexibility index (Phi) is 9.67. The van der Waals surface area contributed by atoms with Gasteiger partial charge in [-0.1, -0.05) is 20.8 Å². The van der Waals surface area contributed by atoms with E-state index in [1.807, 2.05) is 0 Å². The molecule has 8 heteroatoms. The molecule has 0 unspecified atom stereocenters. The molecule has 0 aliphatic rings. The number of nitro groups is 1. The van der Waals surface area contributed by atoms with Crippen molar-refractivity contribution in [3.05, 3.63) is 10.1 Å². The van der Waals surface area contributed by atoms with Crippen LogP contribution in [0.25, 0.3) is 0 Å². The normalized spacial score (nSPS) is 13.0. The fourth-order valence-corrected chi connectivity index (χ4v) is 2.82. The van der Waals surface area contributed by atoms with Crippen LogP contribution < -0.4 is 0 Å². The number of carbonyl (C=O) groups excluding carboxylic acids is 3. The summed E-state index contributed by atoms with van der Waals surface area (Å²) in [6.45, 7) is 15.6. The highest BCUT2D eigenvalue weighted by molar-refractivity contribution is 5.83. The molecule has 0 saturated heterocycles. The lowest BCUT2D eigenvalue weighted by molar-refractivity contribution is -0.573. The number of ether oxygens (including phenoxy) is 2. The maximum Gasteiger partial charge on any atom is 0.306 e. The fraction of sp³-hybridized carbons (Fsp3) is 0.864. The zero-order valence-electron chi connectivity index (χ0n) is 20.0. The average Bonchev–Trinajstić information content (AvgIpc) is 2.49. The van der Waals surface area contributed by atoms with E-state index in [1.54, 1.807) is 62.3 Å². The van der Waals surface area contributed by atoms with E-state index in [4.69, 9.17) is 9.47 Å². The van der Waals surface area contributed by atoms with Gasteiger partial charge in [0.05, 0.1) is 12.8 Å². The van der Waals surface area contributed by atoms with Gasteiger partial charge in [-0.25, -0.2) is 0 Å². The van der Waals surface area contributed by atoms with Crippen molar-refractivity contribution in [2.45, 2.75) is 118 Å². The van der Waals surface area contributed by atoms with E-state index in [-0.39, 0.29) is 44.3 Å². The van der Waals surface area contributed by atoms with Gasteiger partial charge in [-0.05, 0) is 41.5 Å². The topological polar surface area (TPSA) is 113 Å². The van der Waals surface area contributed by atoms with Gasteiger partial charge >= 0.3 is 11.9 Å². The first-order valence-corrected chi connectivity index (χ1v) is 10.4. The number of hydrogen-bond acceptors (Lipinski definition) is 7. The Morgan fingerprint density at radius 1 is 0.700 bits per heavy atom. The predicted molar refractivity (Wildman–Crippen MR) is 114 cm³/mol. The van der Waals surface area contributed by atoms with Crippen molar-refractivity contribution < 1.29 is 28.8 Å². The van der Waals surface area contributed by atoms with Crippen LogP contribution in [0, 0.1) is 15.5 Å². The predicted octanol–water partition coefficient (Wildman–Crippen LogP) is 4.64. The number of Topliss-reactive ketones (excluding diaryl/α,β-unsaturated/α-hetero) is 1. The summed E-state index contributed by atoms with van der Waals surface area (Å²) in [5, 5.41) is 12.1. The van der Waals surface area contributed by atoms with Crippen molar-refractivity contribution in [3.63, 3.8) is 0 Å². The molecule has 30 heavy (non-hydrogen) atoms. The molecule has 174 valence electrons. The summed E-state index contributed by atoms with van der Waals surface area (Å²) >= 11 is 0. The lowest BCUT2D eigenvalue weighted by Crippen LogP contribution is -2.41. The summed E-state index contributed by atoms with van der Waals surface area (Å²) in [6, 6.07) is 0. The molecule has 0 saturated carbocycles. The van der Waals surface area contributed by atoms with Gasteiger partial charge in [-0.2, -0.15) is 0 Å². The third-order valence-electron chi connectivity index (χ3n) is 4.47. The average molecular weight is 430 g/mol. The number of rotatable bonds is 10. The van der Waals surface area contributed by atoms with Crippen molar-refractivity contribution in [3.8, 4) is 0 Å². The van der Waals surface area contributed by atoms with Crippen molar-refractivity contribution in [1.82, 2.24) is 0 Å². The van der Waals surface area contributed by atoms with Crippen molar-refractivity contribution in [2.75, 3.05) is 0 Å². The minimum atomic E-state index is -1.59. The molecule has 0 aromatic heterocycles. The van der Waals surface area contributed by atoms with Crippen LogP contribution in [0.15, 0.2) is 0 Å². The number of carbonyl (C=O) groups is 3. The number of nitrogens with zero attached hydrogens (tertiary/aromatic N) is 1. The summed E-state index contributed by atoms with van der Waals surface area (Å²) in [4.78, 5) is 48.3. The van der Waals surface area contributed by atoms with E-state index < -0.39 is 39.0 Å². The van der Waals surface area contributed by atoms with Gasteiger partial charge < -0.3 is 9.47 Å². The second-order valence-corrected chi connectivity index (χ2v) is 10.8. The Morgan fingerprint density at radius 2 is 1.03 bits per heavy atom. The molecule has 0 radical (unpaired) electrons. The van der Waals surface area contributed by atoms with E-state index in [9.17, 15) is 24.5 Å². The summed E-state index contributed by atoms with van der Waals surface area (Å²) in [7, 11) is 0. The van der Waals surface area contributed by atoms with Crippen molar-refractivity contribution in [1.29, 1.82) is 0 Å². The monoisotopic (exact) mass is 429 g/mol. The third-order valence-corrected chi connectivity index (χ3v) is 4.47. The lowest BCUT2D eigenvalue weighted by Gasteiger charge is -2.28. The van der Waals surface area contributed by atoms with E-state index in [2.05, 4.69) is 0 Å². The smallest absolute Gasteiger partial charge is 0.306 e. The molecule has 0 aliphatic heterocycles. The molecule has 0 atom stereocenters. The third kappa shape index (κ3) is 11.3. The van der Waals surface area contributed by atoms with Crippen LogP contribution in [0.4, 0.5) is 0 Å². The quantitative estimate of drug-likeness (QED) is 0.282. The van der Waals surface area contributed by atoms with E-state index in [1.165, 1.54) is 0 Å². The summed E-state index contributed by atoms with van der Waals surface area (Å²) in [5.41, 5.74) is -3.62. The number of hydrogen-bond donors (Lipinski definition) is 0. The number of ketones is 1. The Bertz CT molecular complexity index is 601. The Morgan fingerprint density at radius 3 is 1.30 bits per heavy atom. The molecular weight excluding hydrogens is 390 g/mol. The second kappa shape index (κ2) is 10.4. The van der Waals surface area contributed by atoms with Crippen molar-refractivity contribution in [2.24, 2.45) is 5.41 Å². The molecule has 0 amide bonds. The molecule has 0 bridgehead atoms. The van der Waals surface area contributed by atoms with Crippen LogP contribution in [0.5, 0.6) is 0 Å². The highest BCUT2D eigenvalue weighted by Gasteiger charge is 2.44. The van der Waals surface area contributed by atoms with Crippen LogP contribution in [-0.2, 0) is 23.9 Å². The van der Waals surface area contributed by atoms with Crippen LogP contribution in [-0.4, -0.2) is 39.4 Å². The fourth-order valence-electron chi connectivity index (χ4n) is 2.82. The van der Waals surface area contributed by atoms with Crippen LogP contribution >= 0.6 is 0 Å². The van der Waals surface area contributed by atoms with E-state index >= 15 is 0 Å². The Hall–Kier alpha value is -1.99. The van der Waals surface area contributed by atoms with Crippen LogP contribution in [0.1, 0.15) is 101 Å². The van der Waals surface area contributed by atoms with Gasteiger partial charge in [0.1, 0.15) is 17.0 Å². The molecule has 0 N–H and O–H groups in total. The van der Waals surface area contributed by atoms with Gasteiger partial charge in [0.2, 0.25) is 5.54 Å². The van der Waals surface area contributed by atoms with E-state index in [0.717, 1.165) is 0 Å².